The van der Waals surface area contributed by atoms with E-state index in [1.807, 2.05) is 6.92 Å². The molecule has 0 spiro atoms. The van der Waals surface area contributed by atoms with Gasteiger partial charge in [0.25, 0.3) is 0 Å². The van der Waals surface area contributed by atoms with Crippen LogP contribution in [0, 0.1) is 6.92 Å². The van der Waals surface area contributed by atoms with Gasteiger partial charge in [0.2, 0.25) is 11.8 Å². The first-order chi connectivity index (χ1) is 13.9. The monoisotopic (exact) mass is 433 g/mol. The van der Waals surface area contributed by atoms with Gasteiger partial charge in [-0.25, -0.2) is 0 Å². The number of carbonyl (C=O) groups excluding carboxylic acids is 2. The number of nitrogens with zero attached hydrogens (tertiary/aromatic N) is 3. The molecule has 3 N–H and O–H groups in total. The lowest BCUT2D eigenvalue weighted by molar-refractivity contribution is -0.118. The third-order valence-corrected chi connectivity index (χ3v) is 5.71. The van der Waals surface area contributed by atoms with Crippen molar-refractivity contribution < 1.29 is 14.0 Å². The molecule has 0 saturated carbocycles. The lowest BCUT2D eigenvalue weighted by Crippen LogP contribution is -2.23. The summed E-state index contributed by atoms with van der Waals surface area (Å²) in [5, 5.41) is 11.8. The van der Waals surface area contributed by atoms with Gasteiger partial charge in [0.05, 0.1) is 11.5 Å². The second kappa shape index (κ2) is 9.15. The minimum Gasteiger partial charge on any atom is -0.461 e. The van der Waals surface area contributed by atoms with E-state index in [1.165, 1.54) is 18.0 Å². The Morgan fingerprint density at radius 2 is 2.10 bits per heavy atom. The zero-order chi connectivity index (χ0) is 21.0. The fourth-order valence-electron chi connectivity index (χ4n) is 2.58. The molecule has 8 nitrogen and oxygen atoms in total. The average molecular weight is 434 g/mol. The Morgan fingerprint density at radius 3 is 2.79 bits per heavy atom. The van der Waals surface area contributed by atoms with Crippen LogP contribution < -0.4 is 11.1 Å². The van der Waals surface area contributed by atoms with Gasteiger partial charge >= 0.3 is 0 Å². The summed E-state index contributed by atoms with van der Waals surface area (Å²) in [6.07, 6.45) is 1.64. The molecular weight excluding hydrogens is 414 g/mol. The molecule has 3 rings (SSSR count). The van der Waals surface area contributed by atoms with Crippen molar-refractivity contribution in [1.29, 1.82) is 0 Å². The van der Waals surface area contributed by atoms with Crippen molar-refractivity contribution in [2.75, 3.05) is 5.32 Å². The molecule has 1 aromatic carbocycles. The van der Waals surface area contributed by atoms with Crippen LogP contribution in [0.5, 0.6) is 0 Å². The lowest BCUT2D eigenvalue weighted by Gasteiger charge is -2.14. The summed E-state index contributed by atoms with van der Waals surface area (Å²) in [5.41, 5.74) is 6.74. The van der Waals surface area contributed by atoms with E-state index in [1.54, 1.807) is 41.8 Å². The van der Waals surface area contributed by atoms with Gasteiger partial charge in [-0.3, -0.25) is 14.2 Å². The van der Waals surface area contributed by atoms with Gasteiger partial charge in [0, 0.05) is 23.7 Å². The minimum absolute atomic E-state index is 0.113. The molecule has 2 amide bonds. The predicted octanol–water partition coefficient (Wildman–Crippen LogP) is 3.49. The molecule has 0 aliphatic rings. The lowest BCUT2D eigenvalue weighted by atomic mass is 10.2. The van der Waals surface area contributed by atoms with Crippen molar-refractivity contribution in [1.82, 2.24) is 14.8 Å². The van der Waals surface area contributed by atoms with Crippen LogP contribution in [0.3, 0.4) is 0 Å². The summed E-state index contributed by atoms with van der Waals surface area (Å²) in [5.74, 6) is 0.337. The SMILES string of the molecule is Cc1c(Cl)cccc1NC(=O)C(C)Sc1nnc(-c2ccco2)n1CCC(N)=O. The Labute approximate surface area is 176 Å². The summed E-state index contributed by atoms with van der Waals surface area (Å²) in [6, 6.07) is 8.82. The number of benzene rings is 1. The number of furan rings is 1. The summed E-state index contributed by atoms with van der Waals surface area (Å²) >= 11 is 7.34. The quantitative estimate of drug-likeness (QED) is 0.525. The third-order valence-electron chi connectivity index (χ3n) is 4.22. The number of rotatable bonds is 8. The molecule has 152 valence electrons. The zero-order valence-electron chi connectivity index (χ0n) is 15.9. The van der Waals surface area contributed by atoms with Crippen LogP contribution in [0.1, 0.15) is 18.9 Å². The zero-order valence-corrected chi connectivity index (χ0v) is 17.5. The molecule has 0 saturated heterocycles. The van der Waals surface area contributed by atoms with Gasteiger partial charge in [0.15, 0.2) is 16.7 Å². The van der Waals surface area contributed by atoms with E-state index in [9.17, 15) is 9.59 Å². The fourth-order valence-corrected chi connectivity index (χ4v) is 3.63. The van der Waals surface area contributed by atoms with E-state index in [0.717, 1.165) is 5.56 Å². The number of thioether (sulfide) groups is 1. The first-order valence-electron chi connectivity index (χ1n) is 8.85. The fraction of sp³-hybridized carbons (Fsp3) is 0.263. The van der Waals surface area contributed by atoms with Gasteiger partial charge in [-0.15, -0.1) is 10.2 Å². The first-order valence-corrected chi connectivity index (χ1v) is 10.1. The second-order valence-corrected chi connectivity index (χ2v) is 8.03. The van der Waals surface area contributed by atoms with Crippen molar-refractivity contribution in [2.45, 2.75) is 37.2 Å². The van der Waals surface area contributed by atoms with Gasteiger partial charge in [-0.1, -0.05) is 29.4 Å². The number of aromatic nitrogens is 3. The number of nitrogens with one attached hydrogen (secondary N) is 1. The molecule has 0 aliphatic heterocycles. The van der Waals surface area contributed by atoms with E-state index >= 15 is 0 Å². The predicted molar refractivity (Wildman–Crippen MR) is 112 cm³/mol. The van der Waals surface area contributed by atoms with E-state index in [4.69, 9.17) is 21.8 Å². The number of nitrogens with two attached hydrogens (primary N) is 1. The van der Waals surface area contributed by atoms with E-state index in [-0.39, 0.29) is 18.9 Å². The van der Waals surface area contributed by atoms with Crippen molar-refractivity contribution in [3.63, 3.8) is 0 Å². The maximum atomic E-state index is 12.7. The van der Waals surface area contributed by atoms with E-state index in [2.05, 4.69) is 15.5 Å². The highest BCUT2D eigenvalue weighted by Gasteiger charge is 2.22. The number of hydrogen-bond donors (Lipinski definition) is 2. The van der Waals surface area contributed by atoms with E-state index in [0.29, 0.717) is 27.5 Å². The topological polar surface area (TPSA) is 116 Å². The molecule has 29 heavy (non-hydrogen) atoms. The maximum Gasteiger partial charge on any atom is 0.237 e. The Bertz CT molecular complexity index is 1020. The number of carbonyl (C=O) groups is 2. The number of amides is 2. The Balaban J connectivity index is 1.78. The highest BCUT2D eigenvalue weighted by atomic mass is 35.5. The molecule has 3 aromatic rings. The molecule has 1 atom stereocenters. The minimum atomic E-state index is -0.477. The second-order valence-electron chi connectivity index (χ2n) is 6.31. The summed E-state index contributed by atoms with van der Waals surface area (Å²) in [4.78, 5) is 23.9. The molecule has 1 unspecified atom stereocenters. The summed E-state index contributed by atoms with van der Waals surface area (Å²) in [7, 11) is 0. The van der Waals surface area contributed by atoms with Gasteiger partial charge in [-0.2, -0.15) is 0 Å². The summed E-state index contributed by atoms with van der Waals surface area (Å²) < 4.78 is 7.12. The van der Waals surface area contributed by atoms with E-state index < -0.39 is 11.2 Å². The van der Waals surface area contributed by atoms with Crippen LogP contribution >= 0.6 is 23.4 Å². The molecular formula is C19H20ClN5O3S. The van der Waals surface area contributed by atoms with Crippen molar-refractivity contribution in [3.05, 3.63) is 47.2 Å². The van der Waals surface area contributed by atoms with Crippen molar-refractivity contribution in [2.24, 2.45) is 5.73 Å². The van der Waals surface area contributed by atoms with Crippen LogP contribution in [-0.4, -0.2) is 31.8 Å². The summed E-state index contributed by atoms with van der Waals surface area (Å²) in [6.45, 7) is 3.88. The standard InChI is InChI=1S/C19H20ClN5O3S/c1-11-13(20)5-3-6-14(11)22-18(27)12(2)29-19-24-23-17(15-7-4-10-28-15)25(19)9-8-16(21)26/h3-7,10,12H,8-9H2,1-2H3,(H2,21,26)(H,22,27). The largest absolute Gasteiger partial charge is 0.461 e. The molecule has 0 fully saturated rings. The highest BCUT2D eigenvalue weighted by molar-refractivity contribution is 8.00. The third kappa shape index (κ3) is 4.99. The van der Waals surface area contributed by atoms with Crippen LogP contribution in [0.25, 0.3) is 11.6 Å². The number of primary amides is 1. The molecule has 0 aliphatic carbocycles. The molecule has 0 bridgehead atoms. The number of hydrogen-bond acceptors (Lipinski definition) is 6. The Kier molecular flexibility index (Phi) is 6.60. The van der Waals surface area contributed by atoms with Crippen LogP contribution in [0.4, 0.5) is 5.69 Å². The number of anilines is 1. The van der Waals surface area contributed by atoms with Crippen molar-refractivity contribution >= 4 is 40.9 Å². The Hall–Kier alpha value is -2.78. The molecule has 10 heteroatoms. The highest BCUT2D eigenvalue weighted by Crippen LogP contribution is 2.29. The first kappa shape index (κ1) is 20.9. The maximum absolute atomic E-state index is 12.7. The van der Waals surface area contributed by atoms with Crippen LogP contribution in [-0.2, 0) is 16.1 Å². The van der Waals surface area contributed by atoms with Crippen molar-refractivity contribution in [3.8, 4) is 11.6 Å². The Morgan fingerprint density at radius 1 is 1.31 bits per heavy atom. The molecule has 0 radical (unpaired) electrons. The smallest absolute Gasteiger partial charge is 0.237 e. The van der Waals surface area contributed by atoms with Crippen LogP contribution in [0.2, 0.25) is 5.02 Å². The molecule has 2 aromatic heterocycles. The van der Waals surface area contributed by atoms with Gasteiger partial charge in [-0.05, 0) is 43.7 Å². The number of halogens is 1. The molecule has 2 heterocycles. The average Bonchev–Trinajstić information content (AvgIpc) is 3.33. The van der Waals surface area contributed by atoms with Gasteiger partial charge < -0.3 is 15.5 Å². The van der Waals surface area contributed by atoms with Crippen LogP contribution in [0.15, 0.2) is 46.2 Å². The van der Waals surface area contributed by atoms with Gasteiger partial charge in [0.1, 0.15) is 0 Å². The normalized spacial score (nSPS) is 12.0.